The highest BCUT2D eigenvalue weighted by atomic mass is 19.3. The highest BCUT2D eigenvalue weighted by molar-refractivity contribution is 5.54. The van der Waals surface area contributed by atoms with Gasteiger partial charge in [0.15, 0.2) is 11.5 Å². The van der Waals surface area contributed by atoms with E-state index in [-0.39, 0.29) is 11.5 Å². The van der Waals surface area contributed by atoms with Crippen molar-refractivity contribution in [2.45, 2.75) is 13.0 Å². The lowest BCUT2D eigenvalue weighted by atomic mass is 10.2. The summed E-state index contributed by atoms with van der Waals surface area (Å²) in [5.74, 6) is -0.370. The molecule has 0 radical (unpaired) electrons. The van der Waals surface area contributed by atoms with Crippen LogP contribution in [0.4, 0.5) is 13.2 Å². The average molecular weight is 244 g/mol. The van der Waals surface area contributed by atoms with Gasteiger partial charge in [0.25, 0.3) is 6.36 Å². The lowest BCUT2D eigenvalue weighted by Crippen LogP contribution is -2.09. The molecular weight excluding hydrogens is 233 g/mol. The van der Waals surface area contributed by atoms with Crippen LogP contribution in [0.15, 0.2) is 37.4 Å². The van der Waals surface area contributed by atoms with E-state index in [1.807, 2.05) is 0 Å². The van der Waals surface area contributed by atoms with Crippen molar-refractivity contribution in [2.75, 3.05) is 0 Å². The van der Waals surface area contributed by atoms with Gasteiger partial charge in [-0.2, -0.15) is 13.2 Å². The molecule has 0 spiro atoms. The van der Waals surface area contributed by atoms with Gasteiger partial charge in [0, 0.05) is 0 Å². The van der Waals surface area contributed by atoms with Crippen LogP contribution in [-0.4, -0.2) is 13.0 Å². The van der Waals surface area contributed by atoms with E-state index in [1.54, 1.807) is 0 Å². The Kier molecular flexibility index (Phi) is 4.63. The molecule has 0 heterocycles. The van der Waals surface area contributed by atoms with E-state index >= 15 is 0 Å². The molecule has 1 atom stereocenters. The van der Waals surface area contributed by atoms with Gasteiger partial charge in [0.1, 0.15) is 0 Å². The van der Waals surface area contributed by atoms with E-state index in [0.29, 0.717) is 5.56 Å². The summed E-state index contributed by atoms with van der Waals surface area (Å²) in [5.41, 5.74) is 0.557. The maximum atomic E-state index is 12.9. The van der Waals surface area contributed by atoms with Crippen LogP contribution in [0.2, 0.25) is 0 Å². The fourth-order valence-corrected chi connectivity index (χ4v) is 1.11. The number of alkyl halides is 3. The molecule has 0 aliphatic heterocycles. The Labute approximate surface area is 97.0 Å². The SMILES string of the molecule is C=Cc1ccc(OC(F)C=C)c(OC(F)F)c1. The molecule has 0 amide bonds. The molecule has 1 unspecified atom stereocenters. The molecule has 0 saturated carbocycles. The van der Waals surface area contributed by atoms with Gasteiger partial charge in [0.2, 0.25) is 0 Å². The van der Waals surface area contributed by atoms with Crippen LogP contribution in [0.3, 0.4) is 0 Å². The third kappa shape index (κ3) is 3.86. The Morgan fingerprint density at radius 1 is 1.06 bits per heavy atom. The van der Waals surface area contributed by atoms with Crippen LogP contribution >= 0.6 is 0 Å². The van der Waals surface area contributed by atoms with E-state index in [1.165, 1.54) is 24.3 Å². The van der Waals surface area contributed by atoms with Gasteiger partial charge in [0.05, 0.1) is 0 Å². The van der Waals surface area contributed by atoms with E-state index in [2.05, 4.69) is 17.9 Å². The monoisotopic (exact) mass is 244 g/mol. The summed E-state index contributed by atoms with van der Waals surface area (Å²) >= 11 is 0. The largest absolute Gasteiger partial charge is 0.453 e. The predicted octanol–water partition coefficient (Wildman–Crippen LogP) is 3.79. The second-order valence-electron chi connectivity index (χ2n) is 2.99. The fourth-order valence-electron chi connectivity index (χ4n) is 1.11. The van der Waals surface area contributed by atoms with E-state index in [0.717, 1.165) is 6.08 Å². The fraction of sp³-hybridized carbons (Fsp3) is 0.167. The Morgan fingerprint density at radius 3 is 2.29 bits per heavy atom. The van der Waals surface area contributed by atoms with Gasteiger partial charge in [-0.25, -0.2) is 0 Å². The minimum absolute atomic E-state index is 0.122. The highest BCUT2D eigenvalue weighted by Gasteiger charge is 2.13. The molecule has 2 nitrogen and oxygen atoms in total. The Hall–Kier alpha value is -1.91. The molecule has 92 valence electrons. The summed E-state index contributed by atoms with van der Waals surface area (Å²) in [4.78, 5) is 0. The van der Waals surface area contributed by atoms with E-state index < -0.39 is 13.0 Å². The number of ether oxygens (including phenoxy) is 2. The standard InChI is InChI=1S/C12H11F3O2/c1-3-8-5-6-9(16-11(13)4-2)10(7-8)17-12(14)15/h3-7,11-12H,1-2H2. The van der Waals surface area contributed by atoms with Crippen LogP contribution in [0.1, 0.15) is 5.56 Å². The van der Waals surface area contributed by atoms with Gasteiger partial charge in [-0.1, -0.05) is 25.3 Å². The normalized spacial score (nSPS) is 12.0. The van der Waals surface area contributed by atoms with E-state index in [4.69, 9.17) is 4.74 Å². The summed E-state index contributed by atoms with van der Waals surface area (Å²) in [7, 11) is 0. The van der Waals surface area contributed by atoms with Crippen LogP contribution in [0.5, 0.6) is 11.5 Å². The summed E-state index contributed by atoms with van der Waals surface area (Å²) in [6.45, 7) is 3.65. The molecule has 1 aromatic rings. The summed E-state index contributed by atoms with van der Waals surface area (Å²) in [5, 5.41) is 0. The summed E-state index contributed by atoms with van der Waals surface area (Å²) in [6.07, 6.45) is 0.556. The molecule has 17 heavy (non-hydrogen) atoms. The van der Waals surface area contributed by atoms with Crippen molar-refractivity contribution < 1.29 is 22.6 Å². The zero-order valence-electron chi connectivity index (χ0n) is 8.91. The van der Waals surface area contributed by atoms with Crippen molar-refractivity contribution in [2.24, 2.45) is 0 Å². The number of rotatable bonds is 6. The van der Waals surface area contributed by atoms with Gasteiger partial charge in [-0.3, -0.25) is 0 Å². The van der Waals surface area contributed by atoms with Crippen molar-refractivity contribution in [3.8, 4) is 11.5 Å². The maximum absolute atomic E-state index is 12.9. The Morgan fingerprint density at radius 2 is 1.76 bits per heavy atom. The number of hydrogen-bond acceptors (Lipinski definition) is 2. The van der Waals surface area contributed by atoms with Gasteiger partial charge < -0.3 is 9.47 Å². The highest BCUT2D eigenvalue weighted by Crippen LogP contribution is 2.31. The second-order valence-corrected chi connectivity index (χ2v) is 2.99. The zero-order chi connectivity index (χ0) is 12.8. The third-order valence-corrected chi connectivity index (χ3v) is 1.84. The van der Waals surface area contributed by atoms with Crippen molar-refractivity contribution in [3.63, 3.8) is 0 Å². The minimum atomic E-state index is -3.01. The molecule has 0 aromatic heterocycles. The molecule has 0 N–H and O–H groups in total. The van der Waals surface area contributed by atoms with Gasteiger partial charge in [-0.05, 0) is 23.8 Å². The first-order valence-electron chi connectivity index (χ1n) is 4.71. The van der Waals surface area contributed by atoms with E-state index in [9.17, 15) is 13.2 Å². The van der Waals surface area contributed by atoms with Crippen molar-refractivity contribution in [1.29, 1.82) is 0 Å². The molecule has 5 heteroatoms. The van der Waals surface area contributed by atoms with Crippen molar-refractivity contribution >= 4 is 6.08 Å². The molecular formula is C12H11F3O2. The van der Waals surface area contributed by atoms with Gasteiger partial charge in [-0.15, -0.1) is 0 Å². The molecule has 1 aromatic carbocycles. The first kappa shape index (κ1) is 13.2. The first-order chi connectivity index (χ1) is 8.06. The van der Waals surface area contributed by atoms with Crippen molar-refractivity contribution in [1.82, 2.24) is 0 Å². The molecule has 0 saturated heterocycles. The Bertz CT molecular complexity index is 405. The lowest BCUT2D eigenvalue weighted by Gasteiger charge is -2.13. The summed E-state index contributed by atoms with van der Waals surface area (Å²) < 4.78 is 46.1. The first-order valence-corrected chi connectivity index (χ1v) is 4.71. The molecule has 0 fully saturated rings. The number of benzene rings is 1. The molecule has 0 aliphatic carbocycles. The van der Waals surface area contributed by atoms with Crippen LogP contribution < -0.4 is 9.47 Å². The van der Waals surface area contributed by atoms with Crippen LogP contribution in [0, 0.1) is 0 Å². The number of hydrogen-bond donors (Lipinski definition) is 0. The zero-order valence-corrected chi connectivity index (χ0v) is 8.91. The van der Waals surface area contributed by atoms with Crippen LogP contribution in [-0.2, 0) is 0 Å². The molecule has 0 bridgehead atoms. The summed E-state index contributed by atoms with van der Waals surface area (Å²) in [6, 6.07) is 4.14. The topological polar surface area (TPSA) is 18.5 Å². The predicted molar refractivity (Wildman–Crippen MR) is 58.9 cm³/mol. The molecule has 1 rings (SSSR count). The minimum Gasteiger partial charge on any atom is -0.453 e. The molecule has 0 aliphatic rings. The lowest BCUT2D eigenvalue weighted by molar-refractivity contribution is -0.0528. The quantitative estimate of drug-likeness (QED) is 0.709. The van der Waals surface area contributed by atoms with Crippen molar-refractivity contribution in [3.05, 3.63) is 43.0 Å². The number of halogens is 3. The Balaban J connectivity index is 3.01. The smallest absolute Gasteiger partial charge is 0.387 e. The average Bonchev–Trinajstić information content (AvgIpc) is 2.30. The maximum Gasteiger partial charge on any atom is 0.387 e. The third-order valence-electron chi connectivity index (χ3n) is 1.84. The second kappa shape index (κ2) is 5.98. The van der Waals surface area contributed by atoms with Gasteiger partial charge >= 0.3 is 6.61 Å². The van der Waals surface area contributed by atoms with Crippen LogP contribution in [0.25, 0.3) is 6.08 Å².